The molecule has 0 bridgehead atoms. The number of piperazine rings is 1. The van der Waals surface area contributed by atoms with Crippen molar-refractivity contribution in [3.63, 3.8) is 0 Å². The van der Waals surface area contributed by atoms with Crippen LogP contribution in [0.3, 0.4) is 0 Å². The molecule has 1 saturated heterocycles. The van der Waals surface area contributed by atoms with Gasteiger partial charge in [0, 0.05) is 50.0 Å². The highest BCUT2D eigenvalue weighted by atomic mass is 16.4. The third kappa shape index (κ3) is 4.37. The molecule has 1 aliphatic heterocycles. The Morgan fingerprint density at radius 3 is 2.46 bits per heavy atom. The number of hydrogen-bond donors (Lipinski definition) is 3. The molecule has 0 unspecified atom stereocenters. The van der Waals surface area contributed by atoms with Gasteiger partial charge in [0.05, 0.1) is 11.8 Å². The maximum absolute atomic E-state index is 11.6. The number of fused-ring (bicyclic) bond motifs is 1. The van der Waals surface area contributed by atoms with Crippen molar-refractivity contribution in [1.29, 1.82) is 0 Å². The molecule has 0 saturated carbocycles. The van der Waals surface area contributed by atoms with Crippen molar-refractivity contribution in [3.05, 3.63) is 59.8 Å². The van der Waals surface area contributed by atoms with Gasteiger partial charge in [0.1, 0.15) is 11.0 Å². The molecule has 10 heteroatoms. The molecule has 4 aromatic rings. The van der Waals surface area contributed by atoms with Crippen LogP contribution in [0.1, 0.15) is 22.8 Å². The summed E-state index contributed by atoms with van der Waals surface area (Å²) in [5.41, 5.74) is 4.68. The molecule has 10 nitrogen and oxygen atoms in total. The number of carboxylic acid groups (broad SMARTS) is 1. The van der Waals surface area contributed by atoms with Crippen LogP contribution in [0.25, 0.3) is 22.4 Å². The average Bonchev–Trinajstić information content (AvgIpc) is 3.34. The topological polar surface area (TPSA) is 127 Å². The van der Waals surface area contributed by atoms with E-state index in [1.54, 1.807) is 32.2 Å². The molecule has 1 aliphatic rings. The fourth-order valence-corrected chi connectivity index (χ4v) is 4.33. The number of benzene rings is 2. The van der Waals surface area contributed by atoms with Crippen LogP contribution < -0.4 is 10.2 Å². The third-order valence-electron chi connectivity index (χ3n) is 6.33. The van der Waals surface area contributed by atoms with Gasteiger partial charge in [0.15, 0.2) is 11.6 Å². The number of carboxylic acids is 1. The molecule has 5 rings (SSSR count). The van der Waals surface area contributed by atoms with Crippen molar-refractivity contribution in [1.82, 2.24) is 25.1 Å². The molecular weight excluding hydrogens is 446 g/mol. The molecule has 1 amide bonds. The van der Waals surface area contributed by atoms with Gasteiger partial charge >= 0.3 is 5.97 Å². The van der Waals surface area contributed by atoms with Crippen molar-refractivity contribution in [2.75, 3.05) is 36.4 Å². The molecule has 0 atom stereocenters. The largest absolute Gasteiger partial charge is 0.478 e. The summed E-state index contributed by atoms with van der Waals surface area (Å²) in [6.45, 7) is 6.40. The molecule has 1 fully saturated rings. The van der Waals surface area contributed by atoms with E-state index in [0.29, 0.717) is 33.8 Å². The molecule has 178 valence electrons. The Balaban J connectivity index is 1.41. The van der Waals surface area contributed by atoms with Crippen molar-refractivity contribution in [3.8, 4) is 11.4 Å². The van der Waals surface area contributed by atoms with E-state index in [1.165, 1.54) is 0 Å². The molecule has 3 N–H and O–H groups in total. The van der Waals surface area contributed by atoms with E-state index >= 15 is 0 Å². The summed E-state index contributed by atoms with van der Waals surface area (Å²) in [4.78, 5) is 36.6. The van der Waals surface area contributed by atoms with Crippen LogP contribution in [0.4, 0.5) is 17.2 Å². The summed E-state index contributed by atoms with van der Waals surface area (Å²) >= 11 is 0. The van der Waals surface area contributed by atoms with E-state index in [4.69, 9.17) is 4.98 Å². The first-order valence-electron chi connectivity index (χ1n) is 11.3. The van der Waals surface area contributed by atoms with E-state index < -0.39 is 5.97 Å². The average molecular weight is 472 g/mol. The van der Waals surface area contributed by atoms with E-state index in [0.717, 1.165) is 37.6 Å². The minimum atomic E-state index is -0.991. The highest BCUT2D eigenvalue weighted by Gasteiger charge is 2.19. The molecule has 0 aliphatic carbocycles. The van der Waals surface area contributed by atoms with Gasteiger partial charge < -0.3 is 20.2 Å². The van der Waals surface area contributed by atoms with Crippen molar-refractivity contribution >= 4 is 40.1 Å². The van der Waals surface area contributed by atoms with Crippen LogP contribution in [0.2, 0.25) is 0 Å². The first-order chi connectivity index (χ1) is 16.9. The third-order valence-corrected chi connectivity index (χ3v) is 6.33. The zero-order valence-electron chi connectivity index (χ0n) is 19.4. The van der Waals surface area contributed by atoms with Crippen molar-refractivity contribution < 1.29 is 14.7 Å². The van der Waals surface area contributed by atoms with Gasteiger partial charge in [-0.15, -0.1) is 0 Å². The van der Waals surface area contributed by atoms with Gasteiger partial charge in [-0.05, 0) is 42.8 Å². The molecule has 2 aromatic heterocycles. The highest BCUT2D eigenvalue weighted by Crippen LogP contribution is 2.29. The normalized spacial score (nSPS) is 13.8. The summed E-state index contributed by atoms with van der Waals surface area (Å²) in [6.07, 6.45) is 1.62. The minimum absolute atomic E-state index is 0.114. The lowest BCUT2D eigenvalue weighted by Crippen LogP contribution is -2.48. The van der Waals surface area contributed by atoms with Gasteiger partial charge in [0.25, 0.3) is 0 Å². The Morgan fingerprint density at radius 1 is 1.03 bits per heavy atom. The van der Waals surface area contributed by atoms with E-state index in [-0.39, 0.29) is 11.5 Å². The lowest BCUT2D eigenvalue weighted by molar-refractivity contribution is -0.129. The number of amides is 1. The zero-order chi connectivity index (χ0) is 24.5. The second-order valence-electron chi connectivity index (χ2n) is 8.47. The Kier molecular flexibility index (Phi) is 5.77. The number of anilines is 3. The number of aromatic carboxylic acids is 1. The van der Waals surface area contributed by atoms with E-state index in [9.17, 15) is 14.7 Å². The van der Waals surface area contributed by atoms with Crippen molar-refractivity contribution in [2.24, 2.45) is 0 Å². The summed E-state index contributed by atoms with van der Waals surface area (Å²) in [7, 11) is 0. The summed E-state index contributed by atoms with van der Waals surface area (Å²) in [5.74, 6) is 0.0886. The minimum Gasteiger partial charge on any atom is -0.478 e. The van der Waals surface area contributed by atoms with Crippen LogP contribution in [-0.4, -0.2) is 68.2 Å². The number of nitrogens with zero attached hydrogens (tertiary/aromatic N) is 5. The van der Waals surface area contributed by atoms with Crippen LogP contribution >= 0.6 is 0 Å². The number of aromatic amines is 1. The molecule has 2 aromatic carbocycles. The molecule has 0 radical (unpaired) electrons. The predicted octanol–water partition coefficient (Wildman–Crippen LogP) is 3.44. The second-order valence-corrected chi connectivity index (χ2v) is 8.47. The monoisotopic (exact) mass is 471 g/mol. The number of H-pyrrole nitrogens is 1. The fourth-order valence-electron chi connectivity index (χ4n) is 4.33. The Labute approximate surface area is 201 Å². The lowest BCUT2D eigenvalue weighted by atomic mass is 10.0. The number of aromatic nitrogens is 4. The first kappa shape index (κ1) is 22.3. The van der Waals surface area contributed by atoms with Gasteiger partial charge in [-0.2, -0.15) is 5.10 Å². The van der Waals surface area contributed by atoms with Gasteiger partial charge in [-0.3, -0.25) is 9.89 Å². The Hall–Kier alpha value is -4.47. The number of rotatable bonds is 5. The van der Waals surface area contributed by atoms with Gasteiger partial charge in [-0.1, -0.05) is 12.1 Å². The Morgan fingerprint density at radius 2 is 1.77 bits per heavy atom. The van der Waals surface area contributed by atoms with Crippen LogP contribution in [0.5, 0.6) is 0 Å². The molecular formula is C25H25N7O3. The Bertz CT molecular complexity index is 1410. The molecule has 3 heterocycles. The predicted molar refractivity (Wildman–Crippen MR) is 133 cm³/mol. The summed E-state index contributed by atoms with van der Waals surface area (Å²) in [5, 5.41) is 19.9. The number of hydrogen-bond acceptors (Lipinski definition) is 7. The van der Waals surface area contributed by atoms with Crippen LogP contribution in [0, 0.1) is 6.92 Å². The zero-order valence-corrected chi connectivity index (χ0v) is 19.4. The SMILES string of the molecule is CC(=O)N1CCN(c2ccc(Nc3nc(-c4cccc(C(=O)O)c4C)nc4cn[nH]c34)cc2)CC1. The summed E-state index contributed by atoms with van der Waals surface area (Å²) in [6, 6.07) is 13.1. The first-order valence-corrected chi connectivity index (χ1v) is 11.3. The van der Waals surface area contributed by atoms with E-state index in [2.05, 4.69) is 25.4 Å². The summed E-state index contributed by atoms with van der Waals surface area (Å²) < 4.78 is 0. The number of carbonyl (C=O) groups is 2. The number of carbonyl (C=O) groups excluding carboxylic acids is 1. The molecule has 0 spiro atoms. The molecule has 35 heavy (non-hydrogen) atoms. The van der Waals surface area contributed by atoms with Crippen molar-refractivity contribution in [2.45, 2.75) is 13.8 Å². The number of nitrogens with one attached hydrogen (secondary N) is 2. The maximum atomic E-state index is 11.6. The lowest BCUT2D eigenvalue weighted by Gasteiger charge is -2.35. The maximum Gasteiger partial charge on any atom is 0.335 e. The fraction of sp³-hybridized carbons (Fsp3) is 0.240. The standard InChI is InChI=1S/C25H25N7O3/c1-15-19(4-3-5-20(15)25(34)35)23-28-21-14-26-30-22(21)24(29-23)27-17-6-8-18(9-7-17)32-12-10-31(11-13-32)16(2)33/h3-9,14H,10-13H2,1-2H3,(H,26,30)(H,34,35)(H,27,28,29). The van der Waals surface area contributed by atoms with Crippen LogP contribution in [-0.2, 0) is 4.79 Å². The highest BCUT2D eigenvalue weighted by molar-refractivity contribution is 5.93. The smallest absolute Gasteiger partial charge is 0.335 e. The van der Waals surface area contributed by atoms with E-state index in [1.807, 2.05) is 35.2 Å². The van der Waals surface area contributed by atoms with Crippen LogP contribution in [0.15, 0.2) is 48.7 Å². The second kappa shape index (κ2) is 9.05. The van der Waals surface area contributed by atoms with Gasteiger partial charge in [-0.25, -0.2) is 14.8 Å². The quantitative estimate of drug-likeness (QED) is 0.404. The van der Waals surface area contributed by atoms with Gasteiger partial charge in [0.2, 0.25) is 5.91 Å².